The fourth-order valence-corrected chi connectivity index (χ4v) is 1.70. The van der Waals surface area contributed by atoms with Gasteiger partial charge >= 0.3 is 0 Å². The number of aryl methyl sites for hydroxylation is 1. The highest BCUT2D eigenvalue weighted by Gasteiger charge is 2.11. The quantitative estimate of drug-likeness (QED) is 0.842. The molecule has 2 aromatic rings. The zero-order valence-corrected chi connectivity index (χ0v) is 11.4. The highest BCUT2D eigenvalue weighted by molar-refractivity contribution is 6.03. The lowest BCUT2D eigenvalue weighted by atomic mass is 10.2. The summed E-state index contributed by atoms with van der Waals surface area (Å²) < 4.78 is 15.2. The third-order valence-electron chi connectivity index (χ3n) is 2.74. The molecule has 1 aromatic carbocycles. The van der Waals surface area contributed by atoms with E-state index in [2.05, 4.69) is 22.3 Å². The van der Waals surface area contributed by atoms with Crippen LogP contribution in [0.15, 0.2) is 30.5 Å². The molecule has 0 aliphatic carbocycles. The van der Waals surface area contributed by atoms with E-state index < -0.39 is 5.82 Å². The van der Waals surface area contributed by atoms with Crippen molar-refractivity contribution in [1.29, 1.82) is 0 Å². The third kappa shape index (κ3) is 3.68. The molecule has 1 aromatic heterocycles. The molecular weight excluding hydrogens is 273 g/mol. The molecule has 1 heterocycles. The fraction of sp³-hybridized carbons (Fsp3) is 0.200. The van der Waals surface area contributed by atoms with Crippen LogP contribution in [0.4, 0.5) is 10.1 Å². The Morgan fingerprint density at radius 2 is 2.29 bits per heavy atom. The largest absolute Gasteiger partial charge is 0.395 e. The summed E-state index contributed by atoms with van der Waals surface area (Å²) in [5, 5.41) is 15.1. The molecule has 1 amide bonds. The number of rotatable bonds is 3. The van der Waals surface area contributed by atoms with Crippen molar-refractivity contribution in [3.63, 3.8) is 0 Å². The SMILES string of the molecule is Cn1nccc1C(=O)Nc1ccc(C#CCCO)c(F)c1. The normalized spacial score (nSPS) is 9.86. The van der Waals surface area contributed by atoms with Crippen LogP contribution in [0.25, 0.3) is 0 Å². The van der Waals surface area contributed by atoms with E-state index in [1.807, 2.05) is 0 Å². The topological polar surface area (TPSA) is 67.2 Å². The Hall–Kier alpha value is -2.65. The van der Waals surface area contributed by atoms with E-state index in [0.29, 0.717) is 17.8 Å². The highest BCUT2D eigenvalue weighted by Crippen LogP contribution is 2.15. The Kier molecular flexibility index (Phi) is 4.69. The van der Waals surface area contributed by atoms with E-state index in [4.69, 9.17) is 5.11 Å². The fourth-order valence-electron chi connectivity index (χ4n) is 1.70. The van der Waals surface area contributed by atoms with Crippen LogP contribution in [-0.4, -0.2) is 27.4 Å². The molecule has 0 saturated carbocycles. The number of nitrogens with zero attached hydrogens (tertiary/aromatic N) is 2. The van der Waals surface area contributed by atoms with Gasteiger partial charge in [0.15, 0.2) is 0 Å². The molecule has 5 nitrogen and oxygen atoms in total. The van der Waals surface area contributed by atoms with Crippen molar-refractivity contribution in [3.8, 4) is 11.8 Å². The summed E-state index contributed by atoms with van der Waals surface area (Å²) >= 11 is 0. The molecule has 0 fully saturated rings. The number of aliphatic hydroxyl groups is 1. The van der Waals surface area contributed by atoms with Crippen molar-refractivity contribution in [2.24, 2.45) is 7.05 Å². The number of nitrogens with one attached hydrogen (secondary N) is 1. The summed E-state index contributed by atoms with van der Waals surface area (Å²) in [4.78, 5) is 12.0. The maximum absolute atomic E-state index is 13.8. The monoisotopic (exact) mass is 287 g/mol. The molecule has 108 valence electrons. The minimum atomic E-state index is -0.525. The van der Waals surface area contributed by atoms with Crippen molar-refractivity contribution in [2.45, 2.75) is 6.42 Å². The minimum absolute atomic E-state index is 0.0620. The molecule has 0 unspecified atom stereocenters. The second kappa shape index (κ2) is 6.68. The number of carbonyl (C=O) groups is 1. The van der Waals surface area contributed by atoms with Gasteiger partial charge in [0.2, 0.25) is 0 Å². The molecular formula is C15H14FN3O2. The van der Waals surface area contributed by atoms with Gasteiger partial charge in [-0.05, 0) is 24.3 Å². The number of benzene rings is 1. The van der Waals surface area contributed by atoms with E-state index >= 15 is 0 Å². The van der Waals surface area contributed by atoms with Crippen molar-refractivity contribution in [2.75, 3.05) is 11.9 Å². The molecule has 0 radical (unpaired) electrons. The predicted octanol–water partition coefficient (Wildman–Crippen LogP) is 1.55. The number of halogens is 1. The first-order valence-corrected chi connectivity index (χ1v) is 6.30. The summed E-state index contributed by atoms with van der Waals surface area (Å²) in [6.07, 6.45) is 1.80. The molecule has 2 rings (SSSR count). The number of amides is 1. The van der Waals surface area contributed by atoms with Gasteiger partial charge in [-0.25, -0.2) is 4.39 Å². The van der Waals surface area contributed by atoms with Crippen molar-refractivity contribution < 1.29 is 14.3 Å². The second-order valence-electron chi connectivity index (χ2n) is 4.26. The zero-order valence-electron chi connectivity index (χ0n) is 11.4. The first-order chi connectivity index (χ1) is 10.1. The number of hydrogen-bond donors (Lipinski definition) is 2. The Morgan fingerprint density at radius 3 is 2.90 bits per heavy atom. The highest BCUT2D eigenvalue weighted by atomic mass is 19.1. The van der Waals surface area contributed by atoms with Gasteiger partial charge in [0.1, 0.15) is 11.5 Å². The van der Waals surface area contributed by atoms with Crippen LogP contribution in [0.1, 0.15) is 22.5 Å². The molecule has 6 heteroatoms. The average molecular weight is 287 g/mol. The van der Waals surface area contributed by atoms with E-state index in [1.54, 1.807) is 19.2 Å². The summed E-state index contributed by atoms with van der Waals surface area (Å²) in [6.45, 7) is -0.0620. The van der Waals surface area contributed by atoms with Crippen LogP contribution < -0.4 is 5.32 Å². The minimum Gasteiger partial charge on any atom is -0.395 e. The van der Waals surface area contributed by atoms with Gasteiger partial charge in [-0.2, -0.15) is 5.10 Å². The second-order valence-corrected chi connectivity index (χ2v) is 4.26. The Balaban J connectivity index is 2.12. The number of aromatic nitrogens is 2. The van der Waals surface area contributed by atoms with Crippen LogP contribution in [0.3, 0.4) is 0 Å². The van der Waals surface area contributed by atoms with Gasteiger partial charge in [-0.1, -0.05) is 11.8 Å². The molecule has 0 atom stereocenters. The van der Waals surface area contributed by atoms with Crippen molar-refractivity contribution in [1.82, 2.24) is 9.78 Å². The summed E-state index contributed by atoms with van der Waals surface area (Å²) in [5.41, 5.74) is 0.940. The molecule has 0 bridgehead atoms. The first-order valence-electron chi connectivity index (χ1n) is 6.30. The van der Waals surface area contributed by atoms with E-state index in [9.17, 15) is 9.18 Å². The maximum atomic E-state index is 13.8. The van der Waals surface area contributed by atoms with Gasteiger partial charge in [0, 0.05) is 25.4 Å². The number of carbonyl (C=O) groups excluding carboxylic acids is 1. The molecule has 0 aliphatic rings. The standard InChI is InChI=1S/C15H14FN3O2/c1-19-14(7-8-17-19)15(21)18-12-6-5-11(13(16)10-12)4-2-3-9-20/h5-8,10,20H,3,9H2,1H3,(H,18,21). The van der Waals surface area contributed by atoms with Crippen LogP contribution >= 0.6 is 0 Å². The molecule has 0 aliphatic heterocycles. The molecule has 0 saturated heterocycles. The van der Waals surface area contributed by atoms with Crippen LogP contribution in [0.5, 0.6) is 0 Å². The van der Waals surface area contributed by atoms with E-state index in [0.717, 1.165) is 0 Å². The number of anilines is 1. The Labute approximate surface area is 121 Å². The van der Waals surface area contributed by atoms with Crippen LogP contribution in [-0.2, 0) is 7.05 Å². The third-order valence-corrected chi connectivity index (χ3v) is 2.74. The zero-order chi connectivity index (χ0) is 15.2. The van der Waals surface area contributed by atoms with Crippen LogP contribution in [0.2, 0.25) is 0 Å². The predicted molar refractivity (Wildman–Crippen MR) is 76.1 cm³/mol. The maximum Gasteiger partial charge on any atom is 0.273 e. The summed E-state index contributed by atoms with van der Waals surface area (Å²) in [6, 6.07) is 5.83. The first kappa shape index (κ1) is 14.8. The molecule has 2 N–H and O–H groups in total. The van der Waals surface area contributed by atoms with E-state index in [1.165, 1.54) is 23.0 Å². The summed E-state index contributed by atoms with van der Waals surface area (Å²) in [7, 11) is 1.65. The number of aliphatic hydroxyl groups excluding tert-OH is 1. The van der Waals surface area contributed by atoms with Gasteiger partial charge in [-0.15, -0.1) is 0 Å². The summed E-state index contributed by atoms with van der Waals surface area (Å²) in [5.74, 6) is 4.37. The van der Waals surface area contributed by atoms with E-state index in [-0.39, 0.29) is 18.1 Å². The lowest BCUT2D eigenvalue weighted by molar-refractivity contribution is 0.101. The Morgan fingerprint density at radius 1 is 1.48 bits per heavy atom. The molecule has 21 heavy (non-hydrogen) atoms. The van der Waals surface area contributed by atoms with Crippen molar-refractivity contribution in [3.05, 3.63) is 47.5 Å². The van der Waals surface area contributed by atoms with Gasteiger partial charge in [-0.3, -0.25) is 9.48 Å². The van der Waals surface area contributed by atoms with Gasteiger partial charge in [0.05, 0.1) is 12.2 Å². The lowest BCUT2D eigenvalue weighted by Crippen LogP contribution is -2.16. The van der Waals surface area contributed by atoms with Gasteiger partial charge in [0.25, 0.3) is 5.91 Å². The smallest absolute Gasteiger partial charge is 0.273 e. The average Bonchev–Trinajstić information content (AvgIpc) is 2.88. The van der Waals surface area contributed by atoms with Crippen LogP contribution in [0, 0.1) is 17.7 Å². The van der Waals surface area contributed by atoms with Gasteiger partial charge < -0.3 is 10.4 Å². The Bertz CT molecular complexity index is 713. The lowest BCUT2D eigenvalue weighted by Gasteiger charge is -2.06. The van der Waals surface area contributed by atoms with Crippen molar-refractivity contribution >= 4 is 11.6 Å². The number of hydrogen-bond acceptors (Lipinski definition) is 3. The molecule has 0 spiro atoms.